The number of rotatable bonds is 6. The van der Waals surface area contributed by atoms with Crippen LogP contribution in [0.3, 0.4) is 0 Å². The van der Waals surface area contributed by atoms with Crippen LogP contribution >= 0.6 is 0 Å². The smallest absolute Gasteiger partial charge is 0.346 e. The number of aromatic nitrogens is 2. The maximum atomic E-state index is 13.1. The van der Waals surface area contributed by atoms with Gasteiger partial charge in [-0.15, -0.1) is 0 Å². The standard InChI is InChI=1S/C26H18N4O6S/c1-17-28-22-11-5-4-10-20(22)26(31)29(17)27-16-21-19-9-3-2-8-18(19)14-15-24(21)36-37(34,35)25-13-7-6-12-23(25)30(32)33/h2-16H,1H3/b27-16+. The first kappa shape index (κ1) is 23.8. The summed E-state index contributed by atoms with van der Waals surface area (Å²) >= 11 is 0. The molecule has 0 aliphatic carbocycles. The van der Waals surface area contributed by atoms with Crippen LogP contribution in [0, 0.1) is 17.0 Å². The summed E-state index contributed by atoms with van der Waals surface area (Å²) in [4.78, 5) is 27.5. The topological polar surface area (TPSA) is 134 Å². The molecule has 11 heteroatoms. The Morgan fingerprint density at radius 2 is 1.62 bits per heavy atom. The summed E-state index contributed by atoms with van der Waals surface area (Å²) in [7, 11) is -4.59. The van der Waals surface area contributed by atoms with Gasteiger partial charge in [0.1, 0.15) is 5.82 Å². The number of hydrogen-bond acceptors (Lipinski definition) is 8. The summed E-state index contributed by atoms with van der Waals surface area (Å²) in [6.07, 6.45) is 1.32. The highest BCUT2D eigenvalue weighted by atomic mass is 32.2. The lowest BCUT2D eigenvalue weighted by molar-refractivity contribution is -0.387. The zero-order valence-electron chi connectivity index (χ0n) is 19.3. The lowest BCUT2D eigenvalue weighted by Crippen LogP contribution is -2.20. The molecule has 37 heavy (non-hydrogen) atoms. The summed E-state index contributed by atoms with van der Waals surface area (Å²) in [5.41, 5.74) is -0.210. The van der Waals surface area contributed by atoms with Crippen molar-refractivity contribution < 1.29 is 17.5 Å². The van der Waals surface area contributed by atoms with Gasteiger partial charge < -0.3 is 4.18 Å². The maximum absolute atomic E-state index is 13.1. The fourth-order valence-electron chi connectivity index (χ4n) is 3.95. The SMILES string of the molecule is Cc1nc2ccccc2c(=O)n1/N=C/c1c(OS(=O)(=O)c2ccccc2[N+](=O)[O-])ccc2ccccc12. The number of fused-ring (bicyclic) bond motifs is 2. The predicted octanol–water partition coefficient (Wildman–Crippen LogP) is 4.42. The molecule has 184 valence electrons. The number of nitro benzene ring substituents is 1. The largest absolute Gasteiger partial charge is 0.378 e. The van der Waals surface area contributed by atoms with Gasteiger partial charge >= 0.3 is 10.1 Å². The Balaban J connectivity index is 1.66. The summed E-state index contributed by atoms with van der Waals surface area (Å²) in [6, 6.07) is 22.0. The lowest BCUT2D eigenvalue weighted by atomic mass is 10.0. The number of nitro groups is 1. The van der Waals surface area contributed by atoms with Crippen LogP contribution in [0.2, 0.25) is 0 Å². The molecular formula is C26H18N4O6S. The second kappa shape index (κ2) is 9.28. The van der Waals surface area contributed by atoms with E-state index >= 15 is 0 Å². The first-order chi connectivity index (χ1) is 17.8. The zero-order chi connectivity index (χ0) is 26.2. The molecule has 0 radical (unpaired) electrons. The molecule has 10 nitrogen and oxygen atoms in total. The molecule has 1 heterocycles. The number of para-hydroxylation sites is 2. The maximum Gasteiger partial charge on any atom is 0.346 e. The summed E-state index contributed by atoms with van der Waals surface area (Å²) < 4.78 is 32.7. The van der Waals surface area contributed by atoms with Crippen LogP contribution in [0.1, 0.15) is 11.4 Å². The number of nitrogens with zero attached hydrogens (tertiary/aromatic N) is 4. The fourth-order valence-corrected chi connectivity index (χ4v) is 5.07. The highest BCUT2D eigenvalue weighted by molar-refractivity contribution is 7.87. The lowest BCUT2D eigenvalue weighted by Gasteiger charge is -2.12. The molecule has 0 fully saturated rings. The second-order valence-electron chi connectivity index (χ2n) is 8.00. The van der Waals surface area contributed by atoms with E-state index in [1.165, 1.54) is 24.4 Å². The van der Waals surface area contributed by atoms with Gasteiger partial charge in [-0.05, 0) is 42.0 Å². The number of benzene rings is 4. The van der Waals surface area contributed by atoms with Crippen LogP contribution in [-0.4, -0.2) is 29.2 Å². The van der Waals surface area contributed by atoms with Crippen molar-refractivity contribution in [1.82, 2.24) is 9.66 Å². The van der Waals surface area contributed by atoms with E-state index in [0.717, 1.165) is 22.2 Å². The molecule has 0 spiro atoms. The molecule has 0 atom stereocenters. The van der Waals surface area contributed by atoms with Crippen LogP contribution in [0.5, 0.6) is 5.75 Å². The van der Waals surface area contributed by atoms with E-state index in [1.807, 2.05) is 12.1 Å². The van der Waals surface area contributed by atoms with Gasteiger partial charge in [-0.3, -0.25) is 14.9 Å². The van der Waals surface area contributed by atoms with E-state index in [0.29, 0.717) is 22.1 Å². The molecule has 0 bridgehead atoms. The zero-order valence-corrected chi connectivity index (χ0v) is 20.1. The second-order valence-corrected chi connectivity index (χ2v) is 9.51. The van der Waals surface area contributed by atoms with E-state index in [-0.39, 0.29) is 11.3 Å². The van der Waals surface area contributed by atoms with Crippen molar-refractivity contribution in [3.05, 3.63) is 117 Å². The minimum Gasteiger partial charge on any atom is -0.378 e. The molecular weight excluding hydrogens is 496 g/mol. The Kier molecular flexibility index (Phi) is 5.98. The molecule has 5 rings (SSSR count). The Morgan fingerprint density at radius 3 is 2.41 bits per heavy atom. The molecule has 0 amide bonds. The minimum absolute atomic E-state index is 0.111. The quantitative estimate of drug-likeness (QED) is 0.142. The molecule has 1 aromatic heterocycles. The first-order valence-electron chi connectivity index (χ1n) is 11.0. The third-order valence-electron chi connectivity index (χ3n) is 5.68. The molecule has 0 unspecified atom stereocenters. The molecule has 0 saturated carbocycles. The van der Waals surface area contributed by atoms with Gasteiger partial charge in [-0.25, -0.2) is 4.98 Å². The van der Waals surface area contributed by atoms with Crippen molar-refractivity contribution in [1.29, 1.82) is 0 Å². The first-order valence-corrected chi connectivity index (χ1v) is 12.4. The Bertz CT molecular complexity index is 1900. The molecule has 0 aliphatic heterocycles. The number of aryl methyl sites for hydroxylation is 1. The summed E-state index contributed by atoms with van der Waals surface area (Å²) in [6.45, 7) is 1.63. The van der Waals surface area contributed by atoms with Crippen molar-refractivity contribution >= 4 is 43.7 Å². The van der Waals surface area contributed by atoms with Crippen LogP contribution in [-0.2, 0) is 10.1 Å². The summed E-state index contributed by atoms with van der Waals surface area (Å²) in [5, 5.41) is 17.5. The van der Waals surface area contributed by atoms with E-state index < -0.39 is 31.2 Å². The van der Waals surface area contributed by atoms with Crippen molar-refractivity contribution in [2.45, 2.75) is 11.8 Å². The highest BCUT2D eigenvalue weighted by Gasteiger charge is 2.28. The van der Waals surface area contributed by atoms with E-state index in [1.54, 1.807) is 49.4 Å². The van der Waals surface area contributed by atoms with Crippen LogP contribution in [0.4, 0.5) is 5.69 Å². The van der Waals surface area contributed by atoms with Crippen LogP contribution < -0.4 is 9.74 Å². The monoisotopic (exact) mass is 514 g/mol. The van der Waals surface area contributed by atoms with Gasteiger partial charge in [0.25, 0.3) is 11.2 Å². The van der Waals surface area contributed by atoms with E-state index in [4.69, 9.17) is 4.18 Å². The van der Waals surface area contributed by atoms with Gasteiger partial charge in [-0.2, -0.15) is 18.2 Å². The highest BCUT2D eigenvalue weighted by Crippen LogP contribution is 2.31. The Hall–Kier alpha value is -4.90. The average molecular weight is 515 g/mol. The van der Waals surface area contributed by atoms with Crippen molar-refractivity contribution in [2.75, 3.05) is 0 Å². The average Bonchev–Trinajstić information content (AvgIpc) is 2.89. The van der Waals surface area contributed by atoms with Crippen molar-refractivity contribution in [2.24, 2.45) is 5.10 Å². The predicted molar refractivity (Wildman–Crippen MR) is 139 cm³/mol. The van der Waals surface area contributed by atoms with Crippen LogP contribution in [0.15, 0.2) is 99.7 Å². The Labute approximate surface area is 210 Å². The number of hydrogen-bond donors (Lipinski definition) is 0. The Morgan fingerprint density at radius 1 is 0.946 bits per heavy atom. The van der Waals surface area contributed by atoms with Gasteiger partial charge in [0.15, 0.2) is 10.6 Å². The minimum atomic E-state index is -4.59. The van der Waals surface area contributed by atoms with Crippen molar-refractivity contribution in [3.63, 3.8) is 0 Å². The van der Waals surface area contributed by atoms with E-state index in [2.05, 4.69) is 10.1 Å². The van der Waals surface area contributed by atoms with Gasteiger partial charge in [0, 0.05) is 11.6 Å². The third kappa shape index (κ3) is 4.43. The molecule has 0 N–H and O–H groups in total. The molecule has 0 saturated heterocycles. The van der Waals surface area contributed by atoms with Crippen LogP contribution in [0.25, 0.3) is 21.7 Å². The van der Waals surface area contributed by atoms with Gasteiger partial charge in [0.05, 0.1) is 22.0 Å². The normalized spacial score (nSPS) is 11.8. The van der Waals surface area contributed by atoms with Gasteiger partial charge in [0.2, 0.25) is 0 Å². The van der Waals surface area contributed by atoms with E-state index in [9.17, 15) is 23.3 Å². The summed E-state index contributed by atoms with van der Waals surface area (Å²) in [5.74, 6) is 0.218. The molecule has 4 aromatic carbocycles. The van der Waals surface area contributed by atoms with Gasteiger partial charge in [-0.1, -0.05) is 54.6 Å². The third-order valence-corrected chi connectivity index (χ3v) is 6.96. The van der Waals surface area contributed by atoms with Crippen molar-refractivity contribution in [3.8, 4) is 5.75 Å². The molecule has 5 aromatic rings. The fraction of sp³-hybridized carbons (Fsp3) is 0.0385. The molecule has 0 aliphatic rings.